The van der Waals surface area contributed by atoms with Gasteiger partial charge in [-0.3, -0.25) is 19.3 Å². The van der Waals surface area contributed by atoms with Crippen LogP contribution in [-0.2, 0) is 25.5 Å². The summed E-state index contributed by atoms with van der Waals surface area (Å²) in [5, 5.41) is 0. The lowest BCUT2D eigenvalue weighted by Gasteiger charge is -2.37. The molecule has 7 heteroatoms. The zero-order valence-corrected chi connectivity index (χ0v) is 20.5. The van der Waals surface area contributed by atoms with Crippen molar-refractivity contribution in [1.82, 2.24) is 4.90 Å². The summed E-state index contributed by atoms with van der Waals surface area (Å²) in [4.78, 5) is 54.3. The number of Topliss-reactive ketones (excluding diaryl/α,β-unsaturated/α-hetero) is 1. The lowest BCUT2D eigenvalue weighted by Crippen LogP contribution is -2.48. The van der Waals surface area contributed by atoms with Gasteiger partial charge in [-0.05, 0) is 47.8 Å². The lowest BCUT2D eigenvalue weighted by atomic mass is 9.63. The SMILES string of the molecule is O=C(COC(=O)[C@H](Cc1ccccc1)N1C(=O)[C@@H]2[C@H]3C=C[C@@H]([C@@H]4C[C@@H]34)[C@H]2C1=O)c1ccc(Br)cc1. The number of rotatable bonds is 7. The van der Waals surface area contributed by atoms with Crippen molar-refractivity contribution < 1.29 is 23.9 Å². The Kier molecular flexibility index (Phi) is 5.48. The standard InChI is InChI=1S/C28H24BrNO5/c29-17-8-6-16(7-9-17)23(31)14-35-28(34)22(12-15-4-2-1-3-5-15)30-26(32)24-18-10-11-19(21-13-20(18)21)25(24)27(30)33/h1-11,18-22,24-25H,12-14H2/t18-,19-,20-,21-,22-,24+,25+/m0/s1. The van der Waals surface area contributed by atoms with Crippen LogP contribution in [-0.4, -0.2) is 41.1 Å². The molecular formula is C28H24BrNO5. The minimum atomic E-state index is -1.10. The number of benzene rings is 2. The fourth-order valence-electron chi connectivity index (χ4n) is 6.36. The number of hydrogen-bond donors (Lipinski definition) is 0. The molecule has 7 rings (SSSR count). The molecule has 2 saturated carbocycles. The average molecular weight is 534 g/mol. The van der Waals surface area contributed by atoms with E-state index in [0.29, 0.717) is 17.4 Å². The number of halogens is 1. The van der Waals surface area contributed by atoms with Gasteiger partial charge in [-0.15, -0.1) is 0 Å². The maximum absolute atomic E-state index is 13.6. The molecule has 178 valence electrons. The van der Waals surface area contributed by atoms with E-state index in [1.807, 2.05) is 30.3 Å². The van der Waals surface area contributed by atoms with Crippen LogP contribution in [0.1, 0.15) is 22.3 Å². The summed E-state index contributed by atoms with van der Waals surface area (Å²) in [7, 11) is 0. The number of amides is 2. The Morgan fingerprint density at radius 1 is 0.914 bits per heavy atom. The van der Waals surface area contributed by atoms with Crippen molar-refractivity contribution >= 4 is 39.5 Å². The van der Waals surface area contributed by atoms with Crippen LogP contribution in [0.25, 0.3) is 0 Å². The molecule has 1 heterocycles. The Morgan fingerprint density at radius 2 is 1.51 bits per heavy atom. The van der Waals surface area contributed by atoms with E-state index in [4.69, 9.17) is 4.74 Å². The molecule has 0 N–H and O–H groups in total. The van der Waals surface area contributed by atoms with Gasteiger partial charge in [0.05, 0.1) is 11.8 Å². The summed E-state index contributed by atoms with van der Waals surface area (Å²) in [5.41, 5.74) is 1.23. The van der Waals surface area contributed by atoms with Crippen LogP contribution in [0.2, 0.25) is 0 Å². The molecule has 35 heavy (non-hydrogen) atoms. The van der Waals surface area contributed by atoms with Gasteiger partial charge >= 0.3 is 5.97 Å². The highest BCUT2D eigenvalue weighted by molar-refractivity contribution is 9.10. The second-order valence-electron chi connectivity index (χ2n) is 9.94. The summed E-state index contributed by atoms with van der Waals surface area (Å²) < 4.78 is 6.26. The van der Waals surface area contributed by atoms with Crippen LogP contribution in [0.3, 0.4) is 0 Å². The zero-order valence-electron chi connectivity index (χ0n) is 18.9. The Bertz CT molecular complexity index is 1200. The summed E-state index contributed by atoms with van der Waals surface area (Å²) in [6.45, 7) is -0.453. The van der Waals surface area contributed by atoms with Gasteiger partial charge in [0, 0.05) is 16.5 Å². The third kappa shape index (κ3) is 3.77. The average Bonchev–Trinajstić information content (AvgIpc) is 3.65. The van der Waals surface area contributed by atoms with E-state index >= 15 is 0 Å². The van der Waals surface area contributed by atoms with Crippen molar-refractivity contribution in [3.05, 3.63) is 82.3 Å². The van der Waals surface area contributed by atoms with Crippen molar-refractivity contribution in [2.24, 2.45) is 35.5 Å². The molecule has 2 aromatic rings. The van der Waals surface area contributed by atoms with E-state index in [1.165, 1.54) is 0 Å². The Balaban J connectivity index is 1.25. The summed E-state index contributed by atoms with van der Waals surface area (Å²) in [6.07, 6.45) is 5.44. The fourth-order valence-corrected chi connectivity index (χ4v) is 6.62. The maximum atomic E-state index is 13.6. The third-order valence-corrected chi connectivity index (χ3v) is 8.59. The number of allylic oxidation sites excluding steroid dienone is 2. The fraction of sp³-hybridized carbons (Fsp3) is 0.357. The summed E-state index contributed by atoms with van der Waals surface area (Å²) in [6, 6.07) is 14.9. The van der Waals surface area contributed by atoms with Gasteiger partial charge in [0.2, 0.25) is 11.8 Å². The van der Waals surface area contributed by atoms with Gasteiger partial charge in [-0.1, -0.05) is 70.5 Å². The topological polar surface area (TPSA) is 80.8 Å². The van der Waals surface area contributed by atoms with E-state index in [2.05, 4.69) is 28.1 Å². The highest BCUT2D eigenvalue weighted by Gasteiger charge is 2.68. The Morgan fingerprint density at radius 3 is 2.11 bits per heavy atom. The molecule has 1 aliphatic heterocycles. The molecule has 0 spiro atoms. The molecular weight excluding hydrogens is 510 g/mol. The minimum absolute atomic E-state index is 0.0730. The van der Waals surface area contributed by atoms with E-state index in [-0.39, 0.29) is 35.9 Å². The Labute approximate surface area is 211 Å². The van der Waals surface area contributed by atoms with Gasteiger partial charge in [0.25, 0.3) is 0 Å². The Hall–Kier alpha value is -3.06. The number of ether oxygens (including phenoxy) is 1. The highest BCUT2D eigenvalue weighted by atomic mass is 79.9. The van der Waals surface area contributed by atoms with Crippen molar-refractivity contribution in [1.29, 1.82) is 0 Å². The largest absolute Gasteiger partial charge is 0.456 e. The number of imide groups is 1. The van der Waals surface area contributed by atoms with Gasteiger partial charge < -0.3 is 4.74 Å². The molecule has 1 saturated heterocycles. The third-order valence-electron chi connectivity index (χ3n) is 8.06. The second kappa shape index (κ2) is 8.55. The quantitative estimate of drug-likeness (QED) is 0.234. The van der Waals surface area contributed by atoms with Crippen molar-refractivity contribution in [3.63, 3.8) is 0 Å². The van der Waals surface area contributed by atoms with Gasteiger partial charge in [0.1, 0.15) is 6.04 Å². The lowest BCUT2D eigenvalue weighted by molar-refractivity contribution is -0.158. The molecule has 6 nitrogen and oxygen atoms in total. The molecule has 7 atom stereocenters. The van der Waals surface area contributed by atoms with Crippen LogP contribution in [0.5, 0.6) is 0 Å². The first kappa shape index (κ1) is 22.4. The molecule has 0 unspecified atom stereocenters. The van der Waals surface area contributed by atoms with Crippen LogP contribution in [0.15, 0.2) is 71.2 Å². The number of carbonyl (C=O) groups excluding carboxylic acids is 4. The minimum Gasteiger partial charge on any atom is -0.456 e. The zero-order chi connectivity index (χ0) is 24.3. The number of nitrogens with zero attached hydrogens (tertiary/aromatic N) is 1. The van der Waals surface area contributed by atoms with E-state index in [9.17, 15) is 19.2 Å². The number of likely N-dealkylation sites (tertiary alicyclic amines) is 1. The number of esters is 1. The van der Waals surface area contributed by atoms with Crippen molar-refractivity contribution in [2.45, 2.75) is 18.9 Å². The predicted molar refractivity (Wildman–Crippen MR) is 130 cm³/mol. The van der Waals surface area contributed by atoms with E-state index < -0.39 is 30.5 Å². The molecule has 3 fully saturated rings. The van der Waals surface area contributed by atoms with Crippen LogP contribution in [0, 0.1) is 35.5 Å². The van der Waals surface area contributed by atoms with Crippen LogP contribution in [0.4, 0.5) is 0 Å². The van der Waals surface area contributed by atoms with Crippen LogP contribution >= 0.6 is 15.9 Å². The smallest absolute Gasteiger partial charge is 0.330 e. The molecule has 0 radical (unpaired) electrons. The number of ketones is 1. The predicted octanol–water partition coefficient (Wildman–Crippen LogP) is 3.84. The van der Waals surface area contributed by atoms with Crippen LogP contribution < -0.4 is 0 Å². The van der Waals surface area contributed by atoms with Crippen molar-refractivity contribution in [3.8, 4) is 0 Å². The second-order valence-corrected chi connectivity index (χ2v) is 10.9. The normalized spacial score (nSPS) is 30.6. The van der Waals surface area contributed by atoms with Crippen molar-refractivity contribution in [2.75, 3.05) is 6.61 Å². The molecule has 4 aliphatic carbocycles. The summed E-state index contributed by atoms with van der Waals surface area (Å²) >= 11 is 3.33. The van der Waals surface area contributed by atoms with E-state index in [0.717, 1.165) is 21.4 Å². The first-order valence-corrected chi connectivity index (χ1v) is 12.8. The first-order valence-electron chi connectivity index (χ1n) is 12.0. The monoisotopic (exact) mass is 533 g/mol. The molecule has 2 aromatic carbocycles. The maximum Gasteiger partial charge on any atom is 0.330 e. The molecule has 2 amide bonds. The van der Waals surface area contributed by atoms with E-state index in [1.54, 1.807) is 24.3 Å². The number of hydrogen-bond acceptors (Lipinski definition) is 5. The molecule has 5 aliphatic rings. The van der Waals surface area contributed by atoms with Gasteiger partial charge in [-0.2, -0.15) is 0 Å². The highest BCUT2D eigenvalue weighted by Crippen LogP contribution is 2.65. The van der Waals surface area contributed by atoms with Gasteiger partial charge in [0.15, 0.2) is 12.4 Å². The number of carbonyl (C=O) groups is 4. The summed E-state index contributed by atoms with van der Waals surface area (Å²) in [5.74, 6) is -1.31. The first-order chi connectivity index (χ1) is 16.9. The molecule has 0 aromatic heterocycles. The van der Waals surface area contributed by atoms with Gasteiger partial charge in [-0.25, -0.2) is 4.79 Å². The molecule has 2 bridgehead atoms.